The van der Waals surface area contributed by atoms with Crippen LogP contribution in [-0.4, -0.2) is 110 Å². The number of nitrogens with zero attached hydrogens (tertiary/aromatic N) is 7. The minimum atomic E-state index is -4.36. The maximum atomic E-state index is 13.7. The molecule has 10 atom stereocenters. The Bertz CT molecular complexity index is 2100. The fraction of sp³-hybridized carbons (Fsp3) is 0.593. The van der Waals surface area contributed by atoms with Gasteiger partial charge in [-0.1, -0.05) is 12.2 Å². The molecule has 4 aromatic heterocycles. The summed E-state index contributed by atoms with van der Waals surface area (Å²) in [7, 11) is 0. The number of imidazole rings is 1. The van der Waals surface area contributed by atoms with Gasteiger partial charge in [-0.15, -0.1) is 0 Å². The Morgan fingerprint density at radius 3 is 2.52 bits per heavy atom. The summed E-state index contributed by atoms with van der Waals surface area (Å²) in [4.78, 5) is 41.4. The number of aliphatic hydroxyl groups is 3. The lowest BCUT2D eigenvalue weighted by atomic mass is 10.1. The molecule has 1 aliphatic carbocycles. The highest BCUT2D eigenvalue weighted by Gasteiger charge is 2.53. The van der Waals surface area contributed by atoms with Crippen LogP contribution in [0.1, 0.15) is 36.6 Å². The number of rotatable bonds is 4. The van der Waals surface area contributed by atoms with Gasteiger partial charge in [-0.25, -0.2) is 24.5 Å². The lowest BCUT2D eigenvalue weighted by Gasteiger charge is -2.27. The second-order valence-electron chi connectivity index (χ2n) is 12.4. The van der Waals surface area contributed by atoms with Crippen LogP contribution in [-0.2, 0) is 63.3 Å². The highest BCUT2D eigenvalue weighted by atomic mass is 32.7. The third-order valence-electron chi connectivity index (χ3n) is 9.25. The number of thiol groups is 1. The first-order chi connectivity index (χ1) is 23.9. The van der Waals surface area contributed by atoms with Crippen LogP contribution in [0, 0.1) is 0 Å². The van der Waals surface area contributed by atoms with E-state index in [1.807, 2.05) is 6.20 Å². The molecule has 2 unspecified atom stereocenters. The van der Waals surface area contributed by atoms with E-state index >= 15 is 0 Å². The molecule has 0 saturated carbocycles. The molecule has 3 fully saturated rings. The van der Waals surface area contributed by atoms with E-state index < -0.39 is 81.4 Å². The quantitative estimate of drug-likeness (QED) is 0.140. The first-order valence-electron chi connectivity index (χ1n) is 15.8. The zero-order valence-corrected chi connectivity index (χ0v) is 29.5. The number of aromatic nitrogens is 7. The molecule has 2 bridgehead atoms. The summed E-state index contributed by atoms with van der Waals surface area (Å²) in [5.41, 5.74) is 1.92. The van der Waals surface area contributed by atoms with Crippen molar-refractivity contribution >= 4 is 59.8 Å². The normalized spacial score (nSPS) is 36.5. The average molecular weight is 774 g/mol. The van der Waals surface area contributed by atoms with Crippen molar-refractivity contribution in [1.29, 1.82) is 0 Å². The molecule has 4 N–H and O–H groups in total. The zero-order chi connectivity index (χ0) is 34.9. The van der Waals surface area contributed by atoms with Gasteiger partial charge in [0.1, 0.15) is 54.9 Å². The Morgan fingerprint density at radius 2 is 1.70 bits per heavy atom. The van der Waals surface area contributed by atoms with Crippen LogP contribution in [0.4, 0.5) is 0 Å². The van der Waals surface area contributed by atoms with E-state index in [1.165, 1.54) is 28.1 Å². The smallest absolute Gasteiger partial charge is 0.386 e. The Morgan fingerprint density at radius 1 is 0.920 bits per heavy atom. The number of hydrogen-bond acceptors (Lipinski definition) is 16. The van der Waals surface area contributed by atoms with Crippen molar-refractivity contribution in [2.75, 3.05) is 19.8 Å². The SMILES string of the molecule is O=c1c2ncn([C@@H]3O[C@@H]4COP(O)(=S)O[C@H]5[C@@H](O)[C@H](n6cc7c8c(ncnc86)CCCC7)O[C@@H]5COP(=O)(S)O[C@@H]3[C@@H]4O)c2ncn1CCO. The molecule has 0 radical (unpaired) electrons. The highest BCUT2D eigenvalue weighted by Crippen LogP contribution is 2.58. The first-order valence-corrected chi connectivity index (χ1v) is 21.1. The second kappa shape index (κ2) is 13.3. The van der Waals surface area contributed by atoms with Gasteiger partial charge in [0.25, 0.3) is 5.56 Å². The Kier molecular flexibility index (Phi) is 9.30. The lowest BCUT2D eigenvalue weighted by molar-refractivity contribution is -0.0587. The second-order valence-corrected chi connectivity index (χ2v) is 18.0. The van der Waals surface area contributed by atoms with Crippen molar-refractivity contribution in [2.24, 2.45) is 0 Å². The maximum absolute atomic E-state index is 13.7. The highest BCUT2D eigenvalue weighted by molar-refractivity contribution is 8.44. The van der Waals surface area contributed by atoms with Gasteiger partial charge in [-0.05, 0) is 43.1 Å². The molecule has 0 aromatic carbocycles. The summed E-state index contributed by atoms with van der Waals surface area (Å²) in [6.45, 7) is -9.86. The van der Waals surface area contributed by atoms with Crippen LogP contribution in [0.15, 0.2) is 30.0 Å². The molecule has 270 valence electrons. The van der Waals surface area contributed by atoms with Crippen molar-refractivity contribution in [3.8, 4) is 0 Å². The van der Waals surface area contributed by atoms with E-state index in [0.717, 1.165) is 42.3 Å². The Hall–Kier alpha value is -2.20. The molecule has 7 heterocycles. The molecule has 4 aromatic rings. The van der Waals surface area contributed by atoms with E-state index in [2.05, 4.69) is 32.2 Å². The van der Waals surface area contributed by atoms with Crippen molar-refractivity contribution in [2.45, 2.75) is 81.3 Å². The van der Waals surface area contributed by atoms with Gasteiger partial charge in [-0.3, -0.25) is 27.5 Å². The summed E-state index contributed by atoms with van der Waals surface area (Å²) >= 11 is 9.48. The molecule has 0 amide bonds. The molecule has 50 heavy (non-hydrogen) atoms. The van der Waals surface area contributed by atoms with Gasteiger partial charge in [0.05, 0.1) is 38.4 Å². The maximum Gasteiger partial charge on any atom is 0.386 e. The van der Waals surface area contributed by atoms with Crippen molar-refractivity contribution in [1.82, 2.24) is 33.6 Å². The summed E-state index contributed by atoms with van der Waals surface area (Å²) in [5.74, 6) is 0. The topological polar surface area (TPSA) is 237 Å². The van der Waals surface area contributed by atoms with Crippen LogP contribution in [0.25, 0.3) is 22.2 Å². The number of ether oxygens (including phenoxy) is 2. The fourth-order valence-corrected chi connectivity index (χ4v) is 9.83. The van der Waals surface area contributed by atoms with Crippen LogP contribution in [0.3, 0.4) is 0 Å². The predicted octanol–water partition coefficient (Wildman–Crippen LogP) is 0.497. The number of fused-ring (bicyclic) bond motifs is 4. The van der Waals surface area contributed by atoms with Crippen molar-refractivity contribution in [3.63, 3.8) is 0 Å². The van der Waals surface area contributed by atoms with Crippen LogP contribution < -0.4 is 5.56 Å². The molecule has 4 aliphatic rings. The number of aryl methyl sites for hydroxylation is 2. The molecule has 23 heteroatoms. The summed E-state index contributed by atoms with van der Waals surface area (Å²) in [5, 5.41) is 33.0. The number of hydrogen-bond donors (Lipinski definition) is 5. The van der Waals surface area contributed by atoms with Gasteiger partial charge in [0.2, 0.25) is 0 Å². The van der Waals surface area contributed by atoms with E-state index in [-0.39, 0.29) is 24.3 Å². The summed E-state index contributed by atoms with van der Waals surface area (Å²) < 4.78 is 53.1. The van der Waals surface area contributed by atoms with Gasteiger partial charge < -0.3 is 38.8 Å². The zero-order valence-electron chi connectivity index (χ0n) is 26.0. The Balaban J connectivity index is 1.10. The van der Waals surface area contributed by atoms with Gasteiger partial charge in [0.15, 0.2) is 23.6 Å². The predicted molar refractivity (Wildman–Crippen MR) is 178 cm³/mol. The van der Waals surface area contributed by atoms with Crippen LogP contribution in [0.2, 0.25) is 0 Å². The third-order valence-corrected chi connectivity index (χ3v) is 12.4. The standard InChI is InChI=1S/C27H33N7O12P2S2/c35-6-5-32-11-31-24-18(25(32)38)30-12-34(24)27-22-19(36)15(43-27)8-41-47(39,49)45-21-16(9-42-48(40,50)46-22)44-26(20(21)37)33-7-13-3-1-2-4-14-17(13)23(33)29-10-28-14/h7,10-12,15-16,19-22,26-27,35-37H,1-6,8-9H2,(H,39,49)(H,40,50)/t15-,16-,19-,20-,21-,22-,26-,27-,47?,48?/m1/s1. The fourth-order valence-electron chi connectivity index (χ4n) is 6.92. The van der Waals surface area contributed by atoms with Crippen LogP contribution >= 0.6 is 25.8 Å². The molecule has 3 aliphatic heterocycles. The lowest BCUT2D eigenvalue weighted by Crippen LogP contribution is -2.36. The minimum absolute atomic E-state index is 0.00450. The van der Waals surface area contributed by atoms with Gasteiger partial charge >= 0.3 is 13.5 Å². The summed E-state index contributed by atoms with van der Waals surface area (Å²) in [6, 6.07) is 0. The van der Waals surface area contributed by atoms with E-state index in [0.29, 0.717) is 5.65 Å². The van der Waals surface area contributed by atoms with Gasteiger partial charge in [-0.2, -0.15) is 0 Å². The Labute approximate surface area is 293 Å². The van der Waals surface area contributed by atoms with Crippen molar-refractivity contribution in [3.05, 3.63) is 46.8 Å². The molecule has 3 saturated heterocycles. The monoisotopic (exact) mass is 773 g/mol. The largest absolute Gasteiger partial charge is 0.395 e. The molecular formula is C27H33N7O12P2S2. The van der Waals surface area contributed by atoms with E-state index in [9.17, 15) is 29.6 Å². The summed E-state index contributed by atoms with van der Waals surface area (Å²) in [6.07, 6.45) is -1.24. The van der Waals surface area contributed by atoms with Crippen molar-refractivity contribution < 1.29 is 52.3 Å². The number of aliphatic hydroxyl groups excluding tert-OH is 3. The minimum Gasteiger partial charge on any atom is -0.395 e. The third kappa shape index (κ3) is 6.20. The van der Waals surface area contributed by atoms with E-state index in [4.69, 9.17) is 39.4 Å². The molecule has 8 rings (SSSR count). The van der Waals surface area contributed by atoms with Gasteiger partial charge in [0, 0.05) is 11.6 Å². The first kappa shape index (κ1) is 34.9. The molecule has 19 nitrogen and oxygen atoms in total. The van der Waals surface area contributed by atoms with E-state index in [1.54, 1.807) is 4.57 Å². The molecule has 0 spiro atoms. The van der Waals surface area contributed by atoms with Crippen LogP contribution in [0.5, 0.6) is 0 Å². The molecular weight excluding hydrogens is 740 g/mol. The average Bonchev–Trinajstić information content (AvgIpc) is 3.78.